The Kier molecular flexibility index (Phi) is 5.70. The number of H-pyrrole nitrogens is 1. The first-order chi connectivity index (χ1) is 16.4. The number of hydrogen-bond acceptors (Lipinski definition) is 6. The van der Waals surface area contributed by atoms with Crippen LogP contribution in [-0.4, -0.2) is 66.2 Å². The monoisotopic (exact) mass is 464 g/mol. The standard InChI is InChI=1S/C25H25FN4O4/c1-15-12-17-18(28-15)4-5-21(24(17)26)33-20-6-7-27-19-14-22(32-3)23(13-16(19)20)34-25(31)30-10-8-29(2)9-11-30/h4-7,12-14,28H,8-11H2,1-3H3. The smallest absolute Gasteiger partial charge is 0.415 e. The van der Waals surface area contributed by atoms with Crippen LogP contribution in [0.5, 0.6) is 23.0 Å². The highest BCUT2D eigenvalue weighted by Crippen LogP contribution is 2.38. The molecular weight excluding hydrogens is 439 g/mol. The van der Waals surface area contributed by atoms with Gasteiger partial charge in [-0.2, -0.15) is 0 Å². The second-order valence-electron chi connectivity index (χ2n) is 8.38. The summed E-state index contributed by atoms with van der Waals surface area (Å²) in [6.45, 7) is 4.60. The van der Waals surface area contributed by atoms with Gasteiger partial charge in [0, 0.05) is 60.4 Å². The molecule has 0 aliphatic carbocycles. The van der Waals surface area contributed by atoms with Crippen LogP contribution in [0.3, 0.4) is 0 Å². The summed E-state index contributed by atoms with van der Waals surface area (Å²) < 4.78 is 32.2. The van der Waals surface area contributed by atoms with Gasteiger partial charge in [0.25, 0.3) is 0 Å². The summed E-state index contributed by atoms with van der Waals surface area (Å²) in [5.41, 5.74) is 2.12. The van der Waals surface area contributed by atoms with Gasteiger partial charge < -0.3 is 29.0 Å². The first-order valence-electron chi connectivity index (χ1n) is 11.0. The third kappa shape index (κ3) is 4.10. The summed E-state index contributed by atoms with van der Waals surface area (Å²) >= 11 is 0. The molecule has 34 heavy (non-hydrogen) atoms. The molecule has 2 aromatic heterocycles. The number of methoxy groups -OCH3 is 1. The van der Waals surface area contributed by atoms with E-state index in [2.05, 4.69) is 14.9 Å². The predicted octanol–water partition coefficient (Wildman–Crippen LogP) is 4.71. The Morgan fingerprint density at radius 1 is 1.00 bits per heavy atom. The lowest BCUT2D eigenvalue weighted by molar-refractivity contribution is 0.119. The molecule has 5 rings (SSSR count). The number of aromatic amines is 1. The van der Waals surface area contributed by atoms with E-state index < -0.39 is 11.9 Å². The van der Waals surface area contributed by atoms with Crippen LogP contribution in [0.2, 0.25) is 0 Å². The fourth-order valence-electron chi connectivity index (χ4n) is 4.09. The van der Waals surface area contributed by atoms with Crippen molar-refractivity contribution in [2.45, 2.75) is 6.92 Å². The normalized spacial score (nSPS) is 14.5. The molecule has 9 heteroatoms. The minimum atomic E-state index is -0.456. The van der Waals surface area contributed by atoms with Crippen LogP contribution in [0.4, 0.5) is 9.18 Å². The highest BCUT2D eigenvalue weighted by atomic mass is 19.1. The second-order valence-corrected chi connectivity index (χ2v) is 8.38. The number of hydrogen-bond donors (Lipinski definition) is 1. The maximum atomic E-state index is 15.1. The molecule has 1 aliphatic heterocycles. The molecule has 0 bridgehead atoms. The average molecular weight is 464 g/mol. The van der Waals surface area contributed by atoms with Crippen molar-refractivity contribution in [3.63, 3.8) is 0 Å². The lowest BCUT2D eigenvalue weighted by atomic mass is 10.1. The summed E-state index contributed by atoms with van der Waals surface area (Å²) in [5.74, 6) is 0.631. The largest absolute Gasteiger partial charge is 0.493 e. The molecular formula is C25H25FN4O4. The molecule has 1 N–H and O–H groups in total. The number of aromatic nitrogens is 2. The Hall–Kier alpha value is -3.85. The average Bonchev–Trinajstić information content (AvgIpc) is 3.22. The molecule has 4 aromatic rings. The molecule has 1 aliphatic rings. The number of aryl methyl sites for hydroxylation is 1. The van der Waals surface area contributed by atoms with Crippen molar-refractivity contribution in [3.8, 4) is 23.0 Å². The number of nitrogens with zero attached hydrogens (tertiary/aromatic N) is 3. The SMILES string of the molecule is COc1cc2nccc(Oc3ccc4[nH]c(C)cc4c3F)c2cc1OC(=O)N1CCN(C)CC1. The van der Waals surface area contributed by atoms with Crippen molar-refractivity contribution in [2.24, 2.45) is 0 Å². The summed E-state index contributed by atoms with van der Waals surface area (Å²) in [7, 11) is 3.51. The predicted molar refractivity (Wildman–Crippen MR) is 126 cm³/mol. The fraction of sp³-hybridized carbons (Fsp3) is 0.280. The molecule has 0 atom stereocenters. The maximum absolute atomic E-state index is 15.1. The fourth-order valence-corrected chi connectivity index (χ4v) is 4.09. The van der Waals surface area contributed by atoms with Crippen LogP contribution in [0.1, 0.15) is 5.69 Å². The van der Waals surface area contributed by atoms with Crippen LogP contribution >= 0.6 is 0 Å². The summed E-state index contributed by atoms with van der Waals surface area (Å²) in [5, 5.41) is 1.02. The molecule has 8 nitrogen and oxygen atoms in total. The van der Waals surface area contributed by atoms with E-state index in [0.717, 1.165) is 18.8 Å². The van der Waals surface area contributed by atoms with Gasteiger partial charge in [-0.05, 0) is 44.3 Å². The van der Waals surface area contributed by atoms with Crippen molar-refractivity contribution in [1.82, 2.24) is 19.8 Å². The van der Waals surface area contributed by atoms with Gasteiger partial charge in [-0.25, -0.2) is 9.18 Å². The van der Waals surface area contributed by atoms with Crippen LogP contribution < -0.4 is 14.2 Å². The highest BCUT2D eigenvalue weighted by Gasteiger charge is 2.23. The van der Waals surface area contributed by atoms with E-state index in [0.29, 0.717) is 46.4 Å². The zero-order valence-corrected chi connectivity index (χ0v) is 19.2. The van der Waals surface area contributed by atoms with Gasteiger partial charge in [-0.1, -0.05) is 0 Å². The number of nitrogens with one attached hydrogen (secondary N) is 1. The first-order valence-corrected chi connectivity index (χ1v) is 11.0. The lowest BCUT2D eigenvalue weighted by Crippen LogP contribution is -2.48. The number of fused-ring (bicyclic) bond motifs is 2. The Balaban J connectivity index is 1.49. The van der Waals surface area contributed by atoms with Crippen molar-refractivity contribution in [2.75, 3.05) is 40.3 Å². The Morgan fingerprint density at radius 2 is 1.79 bits per heavy atom. The van der Waals surface area contributed by atoms with Crippen LogP contribution in [-0.2, 0) is 0 Å². The van der Waals surface area contributed by atoms with Crippen LogP contribution in [0, 0.1) is 12.7 Å². The van der Waals surface area contributed by atoms with Crippen molar-refractivity contribution in [1.29, 1.82) is 0 Å². The molecule has 1 saturated heterocycles. The number of halogens is 1. The Morgan fingerprint density at radius 3 is 2.56 bits per heavy atom. The van der Waals surface area contributed by atoms with Gasteiger partial charge >= 0.3 is 6.09 Å². The summed E-state index contributed by atoms with van der Waals surface area (Å²) in [6, 6.07) is 10.1. The number of pyridine rings is 1. The van der Waals surface area contributed by atoms with E-state index in [9.17, 15) is 4.79 Å². The number of amides is 1. The Bertz CT molecular complexity index is 1380. The minimum absolute atomic E-state index is 0.0887. The minimum Gasteiger partial charge on any atom is -0.493 e. The quantitative estimate of drug-likeness (QED) is 0.471. The van der Waals surface area contributed by atoms with E-state index in [1.165, 1.54) is 7.11 Å². The zero-order valence-electron chi connectivity index (χ0n) is 19.2. The molecule has 3 heterocycles. The van der Waals surface area contributed by atoms with Gasteiger partial charge in [-0.15, -0.1) is 0 Å². The first kappa shape index (κ1) is 22.0. The third-order valence-electron chi connectivity index (χ3n) is 6.00. The molecule has 0 unspecified atom stereocenters. The molecule has 176 valence electrons. The number of benzene rings is 2. The van der Waals surface area contributed by atoms with E-state index in [-0.39, 0.29) is 11.5 Å². The van der Waals surface area contributed by atoms with E-state index >= 15 is 4.39 Å². The molecule has 1 fully saturated rings. The van der Waals surface area contributed by atoms with Gasteiger partial charge in [0.05, 0.1) is 12.6 Å². The van der Waals surface area contributed by atoms with E-state index in [4.69, 9.17) is 14.2 Å². The van der Waals surface area contributed by atoms with Crippen molar-refractivity contribution in [3.05, 3.63) is 54.1 Å². The number of rotatable bonds is 4. The van der Waals surface area contributed by atoms with Crippen LogP contribution in [0.15, 0.2) is 42.6 Å². The summed E-state index contributed by atoms with van der Waals surface area (Å²) in [6.07, 6.45) is 1.13. The molecule has 0 spiro atoms. The Labute approximate surface area is 195 Å². The molecule has 2 aromatic carbocycles. The lowest BCUT2D eigenvalue weighted by Gasteiger charge is -2.31. The molecule has 1 amide bonds. The number of carbonyl (C=O) groups is 1. The zero-order chi connectivity index (χ0) is 23.8. The summed E-state index contributed by atoms with van der Waals surface area (Å²) in [4.78, 5) is 24.1. The second kappa shape index (κ2) is 8.83. The van der Waals surface area contributed by atoms with Gasteiger partial charge in [0.15, 0.2) is 23.1 Å². The highest BCUT2D eigenvalue weighted by molar-refractivity contribution is 5.89. The van der Waals surface area contributed by atoms with E-state index in [1.54, 1.807) is 47.5 Å². The van der Waals surface area contributed by atoms with Crippen molar-refractivity contribution < 1.29 is 23.4 Å². The molecule has 0 saturated carbocycles. The van der Waals surface area contributed by atoms with Crippen molar-refractivity contribution >= 4 is 27.9 Å². The van der Waals surface area contributed by atoms with Gasteiger partial charge in [0.1, 0.15) is 5.75 Å². The maximum Gasteiger partial charge on any atom is 0.415 e. The third-order valence-corrected chi connectivity index (χ3v) is 6.00. The van der Waals surface area contributed by atoms with Gasteiger partial charge in [-0.3, -0.25) is 4.98 Å². The number of ether oxygens (including phenoxy) is 3. The number of carbonyl (C=O) groups excluding carboxylic acids is 1. The topological polar surface area (TPSA) is 79.9 Å². The van der Waals surface area contributed by atoms with Gasteiger partial charge in [0.2, 0.25) is 0 Å². The van der Waals surface area contributed by atoms with E-state index in [1.807, 2.05) is 14.0 Å². The number of likely N-dealkylation sites (N-methyl/N-ethyl adjacent to an activating group) is 1. The number of piperazine rings is 1. The van der Waals surface area contributed by atoms with Crippen LogP contribution in [0.25, 0.3) is 21.8 Å². The molecule has 0 radical (unpaired) electrons.